The summed E-state index contributed by atoms with van der Waals surface area (Å²) in [5.41, 5.74) is 1.03. The van der Waals surface area contributed by atoms with Crippen LogP contribution in [0.3, 0.4) is 0 Å². The summed E-state index contributed by atoms with van der Waals surface area (Å²) in [6, 6.07) is 0.516. The van der Waals surface area contributed by atoms with Gasteiger partial charge in [-0.25, -0.2) is 0 Å². The second kappa shape index (κ2) is 2.87. The van der Waals surface area contributed by atoms with Crippen LogP contribution >= 0.6 is 0 Å². The van der Waals surface area contributed by atoms with Gasteiger partial charge in [0.05, 0.1) is 12.6 Å². The number of hydrogen-bond donors (Lipinski definition) is 1. The summed E-state index contributed by atoms with van der Waals surface area (Å²) < 4.78 is 5.15. The van der Waals surface area contributed by atoms with Gasteiger partial charge in [0.1, 0.15) is 0 Å². The number of allylic oxidation sites excluding steroid dienone is 1. The molecule has 1 N–H and O–H groups in total. The Morgan fingerprint density at radius 1 is 1.78 bits per heavy atom. The molecule has 0 amide bonds. The second-order valence-electron chi connectivity index (χ2n) is 2.49. The van der Waals surface area contributed by atoms with Gasteiger partial charge in [-0.05, 0) is 13.3 Å². The molecule has 0 aliphatic carbocycles. The summed E-state index contributed by atoms with van der Waals surface area (Å²) in [5, 5.41) is 3.22. The lowest BCUT2D eigenvalue weighted by Crippen LogP contribution is -2.26. The van der Waals surface area contributed by atoms with Gasteiger partial charge < -0.3 is 10.1 Å². The highest BCUT2D eigenvalue weighted by Crippen LogP contribution is 2.03. The predicted molar refractivity (Wildman–Crippen MR) is 37.2 cm³/mol. The lowest BCUT2D eigenvalue weighted by molar-refractivity contribution is 0.191. The SMILES string of the molecule is C=C(C)N[C@@H]1CCOC1. The van der Waals surface area contributed by atoms with Crippen molar-refractivity contribution in [2.24, 2.45) is 0 Å². The number of hydrogen-bond acceptors (Lipinski definition) is 2. The molecule has 0 spiro atoms. The van der Waals surface area contributed by atoms with Crippen molar-refractivity contribution < 1.29 is 4.74 Å². The molecule has 0 aromatic rings. The van der Waals surface area contributed by atoms with Crippen LogP contribution in [0.4, 0.5) is 0 Å². The van der Waals surface area contributed by atoms with Gasteiger partial charge in [-0.1, -0.05) is 6.58 Å². The molecule has 0 radical (unpaired) electrons. The van der Waals surface area contributed by atoms with Crippen molar-refractivity contribution in [2.75, 3.05) is 13.2 Å². The van der Waals surface area contributed by atoms with Gasteiger partial charge in [0, 0.05) is 12.3 Å². The molecule has 1 heterocycles. The normalized spacial score (nSPS) is 26.1. The van der Waals surface area contributed by atoms with Crippen molar-refractivity contribution in [1.29, 1.82) is 0 Å². The van der Waals surface area contributed by atoms with E-state index in [0.29, 0.717) is 6.04 Å². The molecule has 1 aliphatic rings. The minimum Gasteiger partial charge on any atom is -0.384 e. The third-order valence-corrected chi connectivity index (χ3v) is 1.38. The lowest BCUT2D eigenvalue weighted by atomic mass is 10.2. The van der Waals surface area contributed by atoms with E-state index < -0.39 is 0 Å². The average Bonchev–Trinajstić information content (AvgIpc) is 2.15. The molecule has 0 aromatic carbocycles. The number of nitrogens with one attached hydrogen (secondary N) is 1. The summed E-state index contributed by atoms with van der Waals surface area (Å²) in [6.45, 7) is 7.46. The summed E-state index contributed by atoms with van der Waals surface area (Å²) in [7, 11) is 0. The molecule has 1 aliphatic heterocycles. The Hall–Kier alpha value is -0.500. The Bertz CT molecular complexity index is 105. The minimum absolute atomic E-state index is 0.516. The Morgan fingerprint density at radius 2 is 2.56 bits per heavy atom. The maximum Gasteiger partial charge on any atom is 0.0668 e. The third-order valence-electron chi connectivity index (χ3n) is 1.38. The lowest BCUT2D eigenvalue weighted by Gasteiger charge is -2.09. The van der Waals surface area contributed by atoms with Crippen LogP contribution in [-0.2, 0) is 4.74 Å². The Balaban J connectivity index is 2.19. The van der Waals surface area contributed by atoms with E-state index >= 15 is 0 Å². The Labute approximate surface area is 55.9 Å². The fraction of sp³-hybridized carbons (Fsp3) is 0.714. The van der Waals surface area contributed by atoms with Crippen LogP contribution in [0.5, 0.6) is 0 Å². The van der Waals surface area contributed by atoms with Crippen LogP contribution in [0.25, 0.3) is 0 Å². The quantitative estimate of drug-likeness (QED) is 0.595. The first-order valence-corrected chi connectivity index (χ1v) is 3.29. The second-order valence-corrected chi connectivity index (χ2v) is 2.49. The van der Waals surface area contributed by atoms with Crippen molar-refractivity contribution >= 4 is 0 Å². The van der Waals surface area contributed by atoms with E-state index in [9.17, 15) is 0 Å². The summed E-state index contributed by atoms with van der Waals surface area (Å²) in [5.74, 6) is 0. The van der Waals surface area contributed by atoms with Gasteiger partial charge in [0.2, 0.25) is 0 Å². The fourth-order valence-corrected chi connectivity index (χ4v) is 0.997. The van der Waals surface area contributed by atoms with E-state index in [0.717, 1.165) is 25.3 Å². The summed E-state index contributed by atoms with van der Waals surface area (Å²) in [6.07, 6.45) is 1.12. The van der Waals surface area contributed by atoms with Gasteiger partial charge in [0.25, 0.3) is 0 Å². The van der Waals surface area contributed by atoms with E-state index in [-0.39, 0.29) is 0 Å². The molecule has 9 heavy (non-hydrogen) atoms. The fourth-order valence-electron chi connectivity index (χ4n) is 0.997. The zero-order valence-corrected chi connectivity index (χ0v) is 5.81. The first-order chi connectivity index (χ1) is 4.29. The average molecular weight is 127 g/mol. The molecule has 2 nitrogen and oxygen atoms in total. The van der Waals surface area contributed by atoms with Gasteiger partial charge in [0.15, 0.2) is 0 Å². The molecule has 2 heteroatoms. The third kappa shape index (κ3) is 2.06. The van der Waals surface area contributed by atoms with E-state index in [1.54, 1.807) is 0 Å². The van der Waals surface area contributed by atoms with Crippen LogP contribution < -0.4 is 5.32 Å². The van der Waals surface area contributed by atoms with Crippen molar-refractivity contribution in [2.45, 2.75) is 19.4 Å². The molecule has 0 bridgehead atoms. The first-order valence-electron chi connectivity index (χ1n) is 3.29. The summed E-state index contributed by atoms with van der Waals surface area (Å²) in [4.78, 5) is 0. The number of ether oxygens (including phenoxy) is 1. The maximum atomic E-state index is 5.15. The minimum atomic E-state index is 0.516. The largest absolute Gasteiger partial charge is 0.384 e. The van der Waals surface area contributed by atoms with E-state index in [1.165, 1.54) is 0 Å². The van der Waals surface area contributed by atoms with Gasteiger partial charge in [-0.2, -0.15) is 0 Å². The smallest absolute Gasteiger partial charge is 0.0668 e. The molecule has 1 atom stereocenters. The van der Waals surface area contributed by atoms with Crippen LogP contribution in [-0.4, -0.2) is 19.3 Å². The zero-order chi connectivity index (χ0) is 6.69. The standard InChI is InChI=1S/C7H13NO/c1-6(2)8-7-3-4-9-5-7/h7-8H,1,3-5H2,2H3/t7-/m1/s1. The molecule has 0 saturated carbocycles. The molecule has 1 saturated heterocycles. The van der Waals surface area contributed by atoms with Crippen molar-refractivity contribution in [3.63, 3.8) is 0 Å². The molecular weight excluding hydrogens is 114 g/mol. The van der Waals surface area contributed by atoms with Crippen LogP contribution in [0.1, 0.15) is 13.3 Å². The molecular formula is C7H13NO. The molecule has 1 fully saturated rings. The highest BCUT2D eigenvalue weighted by molar-refractivity contribution is 4.89. The van der Waals surface area contributed by atoms with Crippen LogP contribution in [0.2, 0.25) is 0 Å². The Morgan fingerprint density at radius 3 is 3.00 bits per heavy atom. The molecule has 0 aromatic heterocycles. The summed E-state index contributed by atoms with van der Waals surface area (Å²) >= 11 is 0. The van der Waals surface area contributed by atoms with Gasteiger partial charge in [-0.3, -0.25) is 0 Å². The van der Waals surface area contributed by atoms with Crippen LogP contribution in [0.15, 0.2) is 12.3 Å². The van der Waals surface area contributed by atoms with E-state index in [1.807, 2.05) is 6.92 Å². The molecule has 0 unspecified atom stereocenters. The van der Waals surface area contributed by atoms with Crippen molar-refractivity contribution in [3.8, 4) is 0 Å². The van der Waals surface area contributed by atoms with E-state index in [2.05, 4.69) is 11.9 Å². The van der Waals surface area contributed by atoms with Gasteiger partial charge in [-0.15, -0.1) is 0 Å². The van der Waals surface area contributed by atoms with Gasteiger partial charge >= 0.3 is 0 Å². The highest BCUT2D eigenvalue weighted by Gasteiger charge is 2.13. The first kappa shape index (κ1) is 6.62. The Kier molecular flexibility index (Phi) is 2.11. The highest BCUT2D eigenvalue weighted by atomic mass is 16.5. The number of rotatable bonds is 2. The van der Waals surface area contributed by atoms with Crippen LogP contribution in [0, 0.1) is 0 Å². The van der Waals surface area contributed by atoms with E-state index in [4.69, 9.17) is 4.74 Å². The van der Waals surface area contributed by atoms with Crippen molar-refractivity contribution in [1.82, 2.24) is 5.32 Å². The maximum absolute atomic E-state index is 5.15. The van der Waals surface area contributed by atoms with Crippen molar-refractivity contribution in [3.05, 3.63) is 12.3 Å². The molecule has 52 valence electrons. The topological polar surface area (TPSA) is 21.3 Å². The zero-order valence-electron chi connectivity index (χ0n) is 5.81. The monoisotopic (exact) mass is 127 g/mol. The predicted octanol–water partition coefficient (Wildman–Crippen LogP) is 0.898. The molecule has 1 rings (SSSR count).